The van der Waals surface area contributed by atoms with Crippen molar-refractivity contribution in [3.05, 3.63) is 21.4 Å². The predicted octanol–water partition coefficient (Wildman–Crippen LogP) is 1.43. The first-order chi connectivity index (χ1) is 11.3. The van der Waals surface area contributed by atoms with Crippen molar-refractivity contribution in [3.8, 4) is 0 Å². The van der Waals surface area contributed by atoms with Gasteiger partial charge in [-0.15, -0.1) is 11.3 Å². The van der Waals surface area contributed by atoms with E-state index in [1.165, 1.54) is 26.7 Å². The van der Waals surface area contributed by atoms with Crippen LogP contribution in [0.1, 0.15) is 40.9 Å². The number of nitrogens with zero attached hydrogens (tertiary/aromatic N) is 2. The molecule has 0 unspecified atom stereocenters. The lowest BCUT2D eigenvalue weighted by Crippen LogP contribution is -2.54. The van der Waals surface area contributed by atoms with Crippen molar-refractivity contribution in [1.29, 1.82) is 0 Å². The fourth-order valence-electron chi connectivity index (χ4n) is 2.71. The van der Waals surface area contributed by atoms with Gasteiger partial charge in [0.2, 0.25) is 0 Å². The average molecular weight is 351 g/mol. The second-order valence-electron chi connectivity index (χ2n) is 6.26. The molecule has 1 N–H and O–H groups in total. The molecule has 0 radical (unpaired) electrons. The standard InChI is InChI=1S/C17H25N3O3S/c1-5-13-10-14(24-12(13)4)16(22)19-6-8-20(9-7-19)17(23)15(21)18-11(2)3/h10-11H,5-9H2,1-4H3,(H,18,21). The highest BCUT2D eigenvalue weighted by Crippen LogP contribution is 2.23. The van der Waals surface area contributed by atoms with Gasteiger partial charge in [-0.2, -0.15) is 0 Å². The Balaban J connectivity index is 1.93. The Morgan fingerprint density at radius 3 is 2.25 bits per heavy atom. The van der Waals surface area contributed by atoms with Gasteiger partial charge in [-0.25, -0.2) is 0 Å². The maximum absolute atomic E-state index is 12.6. The van der Waals surface area contributed by atoms with Gasteiger partial charge < -0.3 is 15.1 Å². The molecule has 0 atom stereocenters. The normalized spacial score (nSPS) is 14.9. The summed E-state index contributed by atoms with van der Waals surface area (Å²) < 4.78 is 0. The van der Waals surface area contributed by atoms with Crippen LogP contribution in [-0.2, 0) is 16.0 Å². The van der Waals surface area contributed by atoms with Crippen LogP contribution in [0.5, 0.6) is 0 Å². The maximum atomic E-state index is 12.6. The van der Waals surface area contributed by atoms with Crippen LogP contribution in [0.25, 0.3) is 0 Å². The van der Waals surface area contributed by atoms with Gasteiger partial charge in [-0.05, 0) is 38.8 Å². The molecule has 1 saturated heterocycles. The quantitative estimate of drug-likeness (QED) is 0.838. The van der Waals surface area contributed by atoms with Crippen LogP contribution in [0.2, 0.25) is 0 Å². The monoisotopic (exact) mass is 351 g/mol. The van der Waals surface area contributed by atoms with Crippen LogP contribution in [0.4, 0.5) is 0 Å². The second kappa shape index (κ2) is 7.79. The molecule has 132 valence electrons. The third kappa shape index (κ3) is 4.14. The highest BCUT2D eigenvalue weighted by molar-refractivity contribution is 7.14. The third-order valence-electron chi connectivity index (χ3n) is 4.08. The number of piperazine rings is 1. The summed E-state index contributed by atoms with van der Waals surface area (Å²) in [6, 6.07) is 1.90. The molecular formula is C17H25N3O3S. The molecule has 3 amide bonds. The number of rotatable bonds is 3. The Labute approximate surface area is 146 Å². The van der Waals surface area contributed by atoms with E-state index >= 15 is 0 Å². The van der Waals surface area contributed by atoms with E-state index < -0.39 is 11.8 Å². The summed E-state index contributed by atoms with van der Waals surface area (Å²) in [5.41, 5.74) is 1.21. The highest BCUT2D eigenvalue weighted by Gasteiger charge is 2.29. The summed E-state index contributed by atoms with van der Waals surface area (Å²) in [7, 11) is 0. The van der Waals surface area contributed by atoms with E-state index in [1.807, 2.05) is 26.8 Å². The molecule has 6 nitrogen and oxygen atoms in total. The Morgan fingerprint density at radius 2 is 1.75 bits per heavy atom. The van der Waals surface area contributed by atoms with Crippen LogP contribution < -0.4 is 5.32 Å². The van der Waals surface area contributed by atoms with Crippen molar-refractivity contribution >= 4 is 29.1 Å². The highest BCUT2D eigenvalue weighted by atomic mass is 32.1. The van der Waals surface area contributed by atoms with Gasteiger partial charge in [0, 0.05) is 37.1 Å². The van der Waals surface area contributed by atoms with Crippen LogP contribution in [0.3, 0.4) is 0 Å². The molecule has 0 aliphatic carbocycles. The van der Waals surface area contributed by atoms with Gasteiger partial charge in [0.25, 0.3) is 5.91 Å². The summed E-state index contributed by atoms with van der Waals surface area (Å²) in [5.74, 6) is -1.08. The summed E-state index contributed by atoms with van der Waals surface area (Å²) in [6.45, 7) is 9.43. The number of carbonyl (C=O) groups excluding carboxylic acids is 3. The molecule has 24 heavy (non-hydrogen) atoms. The van der Waals surface area contributed by atoms with Gasteiger partial charge in [0.15, 0.2) is 0 Å². The van der Waals surface area contributed by atoms with E-state index in [1.54, 1.807) is 4.90 Å². The van der Waals surface area contributed by atoms with Gasteiger partial charge in [0.05, 0.1) is 4.88 Å². The lowest BCUT2D eigenvalue weighted by molar-refractivity contribution is -0.147. The Hall–Kier alpha value is -1.89. The number of hydrogen-bond donors (Lipinski definition) is 1. The number of hydrogen-bond acceptors (Lipinski definition) is 4. The molecule has 7 heteroatoms. The second-order valence-corrected chi connectivity index (χ2v) is 7.51. The Morgan fingerprint density at radius 1 is 1.17 bits per heavy atom. The molecule has 0 saturated carbocycles. The van der Waals surface area contributed by atoms with Gasteiger partial charge in [0.1, 0.15) is 0 Å². The van der Waals surface area contributed by atoms with E-state index in [9.17, 15) is 14.4 Å². The molecule has 0 aromatic carbocycles. The molecule has 1 aromatic rings. The largest absolute Gasteiger partial charge is 0.346 e. The van der Waals surface area contributed by atoms with Crippen molar-refractivity contribution in [2.24, 2.45) is 0 Å². The van der Waals surface area contributed by atoms with Crippen LogP contribution in [-0.4, -0.2) is 59.7 Å². The number of carbonyl (C=O) groups is 3. The van der Waals surface area contributed by atoms with Gasteiger partial charge in [-0.1, -0.05) is 6.92 Å². The Bertz CT molecular complexity index is 631. The molecule has 2 heterocycles. The van der Waals surface area contributed by atoms with Crippen molar-refractivity contribution < 1.29 is 14.4 Å². The predicted molar refractivity (Wildman–Crippen MR) is 94.2 cm³/mol. The van der Waals surface area contributed by atoms with Gasteiger partial charge >= 0.3 is 11.8 Å². The average Bonchev–Trinajstić information content (AvgIpc) is 2.94. The van der Waals surface area contributed by atoms with Gasteiger partial charge in [-0.3, -0.25) is 14.4 Å². The van der Waals surface area contributed by atoms with Crippen molar-refractivity contribution in [1.82, 2.24) is 15.1 Å². The molecule has 1 aromatic heterocycles. The van der Waals surface area contributed by atoms with Crippen LogP contribution in [0, 0.1) is 6.92 Å². The molecule has 1 aliphatic heterocycles. The summed E-state index contributed by atoms with van der Waals surface area (Å²) in [6.07, 6.45) is 0.919. The summed E-state index contributed by atoms with van der Waals surface area (Å²) in [5, 5.41) is 2.61. The topological polar surface area (TPSA) is 69.7 Å². The number of nitrogens with one attached hydrogen (secondary N) is 1. The van der Waals surface area contributed by atoms with E-state index in [2.05, 4.69) is 12.2 Å². The zero-order chi connectivity index (χ0) is 17.9. The first-order valence-corrected chi connectivity index (χ1v) is 9.13. The zero-order valence-electron chi connectivity index (χ0n) is 14.7. The van der Waals surface area contributed by atoms with E-state index in [-0.39, 0.29) is 11.9 Å². The van der Waals surface area contributed by atoms with Crippen molar-refractivity contribution in [2.75, 3.05) is 26.2 Å². The smallest absolute Gasteiger partial charge is 0.312 e. The number of aryl methyl sites for hydroxylation is 2. The fourth-order valence-corrected chi connectivity index (χ4v) is 3.79. The minimum Gasteiger partial charge on any atom is -0.346 e. The molecule has 1 fully saturated rings. The van der Waals surface area contributed by atoms with Crippen molar-refractivity contribution in [3.63, 3.8) is 0 Å². The van der Waals surface area contributed by atoms with Crippen LogP contribution in [0.15, 0.2) is 6.07 Å². The first kappa shape index (κ1) is 18.4. The summed E-state index contributed by atoms with van der Waals surface area (Å²) >= 11 is 1.52. The maximum Gasteiger partial charge on any atom is 0.312 e. The fraction of sp³-hybridized carbons (Fsp3) is 0.588. The molecular weight excluding hydrogens is 326 g/mol. The number of amides is 3. The SMILES string of the molecule is CCc1cc(C(=O)N2CCN(C(=O)C(=O)NC(C)C)CC2)sc1C. The molecule has 2 rings (SSSR count). The molecule has 0 bridgehead atoms. The number of thiophene rings is 1. The molecule has 0 spiro atoms. The summed E-state index contributed by atoms with van der Waals surface area (Å²) in [4.78, 5) is 41.7. The van der Waals surface area contributed by atoms with Crippen LogP contribution >= 0.6 is 11.3 Å². The molecule has 1 aliphatic rings. The van der Waals surface area contributed by atoms with E-state index in [0.29, 0.717) is 26.2 Å². The minimum absolute atomic E-state index is 0.0153. The lowest BCUT2D eigenvalue weighted by Gasteiger charge is -2.34. The zero-order valence-corrected chi connectivity index (χ0v) is 15.5. The van der Waals surface area contributed by atoms with Crippen molar-refractivity contribution in [2.45, 2.75) is 40.2 Å². The van der Waals surface area contributed by atoms with E-state index in [0.717, 1.165) is 11.3 Å². The minimum atomic E-state index is -0.578. The first-order valence-electron chi connectivity index (χ1n) is 8.31. The van der Waals surface area contributed by atoms with E-state index in [4.69, 9.17) is 0 Å². The Kier molecular flexibility index (Phi) is 5.99. The lowest BCUT2D eigenvalue weighted by atomic mass is 10.2. The third-order valence-corrected chi connectivity index (χ3v) is 5.16.